The third-order valence-electron chi connectivity index (χ3n) is 2.47. The summed E-state index contributed by atoms with van der Waals surface area (Å²) in [6, 6.07) is 0. The minimum absolute atomic E-state index is 0.841. The Morgan fingerprint density at radius 1 is 1.18 bits per heavy atom. The Balaban J connectivity index is 2.09. The lowest BCUT2D eigenvalue weighted by molar-refractivity contribution is 0.149. The van der Waals surface area contributed by atoms with E-state index in [-0.39, 0.29) is 0 Å². The average molecular weight is 155 g/mol. The molecular weight excluding hydrogens is 136 g/mol. The zero-order valence-electron chi connectivity index (χ0n) is 7.51. The second-order valence-electron chi connectivity index (χ2n) is 3.43. The molecular formula is C10H19O. The van der Waals surface area contributed by atoms with Crippen molar-refractivity contribution in [1.29, 1.82) is 0 Å². The van der Waals surface area contributed by atoms with Crippen LogP contribution in [0.2, 0.25) is 0 Å². The van der Waals surface area contributed by atoms with E-state index in [0.717, 1.165) is 12.5 Å². The van der Waals surface area contributed by atoms with Crippen molar-refractivity contribution in [2.24, 2.45) is 5.92 Å². The van der Waals surface area contributed by atoms with Gasteiger partial charge in [-0.2, -0.15) is 0 Å². The fourth-order valence-corrected chi connectivity index (χ4v) is 1.76. The minimum Gasteiger partial charge on any atom is -0.376 e. The highest BCUT2D eigenvalue weighted by Gasteiger charge is 2.11. The van der Waals surface area contributed by atoms with Gasteiger partial charge < -0.3 is 4.74 Å². The van der Waals surface area contributed by atoms with Gasteiger partial charge in [-0.1, -0.05) is 25.7 Å². The van der Waals surface area contributed by atoms with Crippen LogP contribution in [0.4, 0.5) is 0 Å². The Morgan fingerprint density at radius 2 is 1.82 bits per heavy atom. The predicted molar refractivity (Wildman–Crippen MR) is 47.1 cm³/mol. The summed E-state index contributed by atoms with van der Waals surface area (Å²) >= 11 is 0. The normalized spacial score (nSPS) is 21.5. The van der Waals surface area contributed by atoms with Crippen LogP contribution in [0.1, 0.15) is 45.4 Å². The number of rotatable bonds is 3. The Labute approximate surface area is 70.1 Å². The van der Waals surface area contributed by atoms with Gasteiger partial charge in [-0.3, -0.25) is 0 Å². The van der Waals surface area contributed by atoms with E-state index in [1.54, 1.807) is 0 Å². The molecule has 65 valence electrons. The van der Waals surface area contributed by atoms with Gasteiger partial charge in [0.2, 0.25) is 0 Å². The summed E-state index contributed by atoms with van der Waals surface area (Å²) in [4.78, 5) is 0. The van der Waals surface area contributed by atoms with Crippen molar-refractivity contribution in [1.82, 2.24) is 0 Å². The van der Waals surface area contributed by atoms with Crippen LogP contribution in [0.3, 0.4) is 0 Å². The first-order valence-electron chi connectivity index (χ1n) is 4.83. The maximum absolute atomic E-state index is 5.30. The maximum atomic E-state index is 5.30. The van der Waals surface area contributed by atoms with Crippen molar-refractivity contribution < 1.29 is 4.74 Å². The summed E-state index contributed by atoms with van der Waals surface area (Å²) in [6.07, 6.45) is 8.47. The molecule has 0 spiro atoms. The molecule has 0 aliphatic heterocycles. The lowest BCUT2D eigenvalue weighted by atomic mass is 10.0. The van der Waals surface area contributed by atoms with Crippen LogP contribution >= 0.6 is 0 Å². The van der Waals surface area contributed by atoms with Gasteiger partial charge in [0.25, 0.3) is 0 Å². The van der Waals surface area contributed by atoms with E-state index in [0.29, 0.717) is 0 Å². The van der Waals surface area contributed by atoms with Gasteiger partial charge in [0.1, 0.15) is 0 Å². The summed E-state index contributed by atoms with van der Waals surface area (Å²) in [5.74, 6) is 0.841. The monoisotopic (exact) mass is 155 g/mol. The van der Waals surface area contributed by atoms with Crippen LogP contribution in [-0.2, 0) is 4.74 Å². The molecule has 0 aromatic rings. The molecule has 1 aliphatic carbocycles. The van der Waals surface area contributed by atoms with Crippen molar-refractivity contribution in [3.8, 4) is 0 Å². The molecule has 0 amide bonds. The summed E-state index contributed by atoms with van der Waals surface area (Å²) < 4.78 is 5.30. The van der Waals surface area contributed by atoms with E-state index in [1.807, 2.05) is 13.5 Å². The molecule has 1 nitrogen and oxygen atoms in total. The molecule has 1 aliphatic rings. The topological polar surface area (TPSA) is 9.23 Å². The zero-order chi connectivity index (χ0) is 7.94. The third-order valence-corrected chi connectivity index (χ3v) is 2.47. The van der Waals surface area contributed by atoms with Crippen LogP contribution in [0, 0.1) is 12.5 Å². The lowest BCUT2D eigenvalue weighted by Gasteiger charge is -2.12. The summed E-state index contributed by atoms with van der Waals surface area (Å²) in [7, 11) is 0. The molecule has 11 heavy (non-hydrogen) atoms. The second-order valence-corrected chi connectivity index (χ2v) is 3.43. The van der Waals surface area contributed by atoms with E-state index in [2.05, 4.69) is 0 Å². The highest BCUT2D eigenvalue weighted by atomic mass is 16.5. The van der Waals surface area contributed by atoms with Gasteiger partial charge in [0.05, 0.1) is 6.61 Å². The Hall–Kier alpha value is -0.0400. The molecule has 1 fully saturated rings. The van der Waals surface area contributed by atoms with Crippen molar-refractivity contribution >= 4 is 0 Å². The molecule has 0 atom stereocenters. The molecule has 1 heteroatoms. The SMILES string of the molecule is C[CH]OCC1CCCCCC1. The molecule has 1 saturated carbocycles. The predicted octanol–water partition coefficient (Wildman–Crippen LogP) is 3.16. The van der Waals surface area contributed by atoms with Crippen LogP contribution in [-0.4, -0.2) is 6.61 Å². The fraction of sp³-hybridized carbons (Fsp3) is 0.900. The van der Waals surface area contributed by atoms with Crippen molar-refractivity contribution in [2.75, 3.05) is 6.61 Å². The van der Waals surface area contributed by atoms with Gasteiger partial charge >= 0.3 is 0 Å². The number of hydrogen-bond acceptors (Lipinski definition) is 1. The van der Waals surface area contributed by atoms with Crippen LogP contribution < -0.4 is 0 Å². The minimum atomic E-state index is 0.841. The standard InChI is InChI=1S/C10H19O/c1-2-11-9-10-7-5-3-4-6-8-10/h2,10H,3-9H2,1H3. The Morgan fingerprint density at radius 3 is 2.36 bits per heavy atom. The first-order valence-corrected chi connectivity index (χ1v) is 4.83. The molecule has 0 saturated heterocycles. The smallest absolute Gasteiger partial charge is 0.0806 e. The highest BCUT2D eigenvalue weighted by Crippen LogP contribution is 2.22. The van der Waals surface area contributed by atoms with Gasteiger partial charge in [0, 0.05) is 6.61 Å². The van der Waals surface area contributed by atoms with Gasteiger partial charge in [-0.15, -0.1) is 0 Å². The van der Waals surface area contributed by atoms with E-state index in [1.165, 1.54) is 38.5 Å². The molecule has 0 unspecified atom stereocenters. The molecule has 0 aromatic carbocycles. The maximum Gasteiger partial charge on any atom is 0.0806 e. The van der Waals surface area contributed by atoms with Crippen LogP contribution in [0.15, 0.2) is 0 Å². The second kappa shape index (κ2) is 5.59. The molecule has 0 heterocycles. The lowest BCUT2D eigenvalue weighted by Crippen LogP contribution is -2.06. The average Bonchev–Trinajstić information content (AvgIpc) is 2.28. The van der Waals surface area contributed by atoms with E-state index >= 15 is 0 Å². The first kappa shape index (κ1) is 9.05. The van der Waals surface area contributed by atoms with Crippen LogP contribution in [0.25, 0.3) is 0 Å². The van der Waals surface area contributed by atoms with E-state index < -0.39 is 0 Å². The van der Waals surface area contributed by atoms with Gasteiger partial charge in [0.15, 0.2) is 0 Å². The summed E-state index contributed by atoms with van der Waals surface area (Å²) in [6.45, 7) is 4.72. The molecule has 0 N–H and O–H groups in total. The Kier molecular flexibility index (Phi) is 4.60. The summed E-state index contributed by atoms with van der Waals surface area (Å²) in [5.41, 5.74) is 0. The Bertz CT molecular complexity index is 82.9. The summed E-state index contributed by atoms with van der Waals surface area (Å²) in [5, 5.41) is 0. The van der Waals surface area contributed by atoms with Gasteiger partial charge in [-0.05, 0) is 25.7 Å². The van der Waals surface area contributed by atoms with Gasteiger partial charge in [-0.25, -0.2) is 0 Å². The van der Waals surface area contributed by atoms with E-state index in [9.17, 15) is 0 Å². The van der Waals surface area contributed by atoms with Crippen molar-refractivity contribution in [3.63, 3.8) is 0 Å². The fourth-order valence-electron chi connectivity index (χ4n) is 1.76. The number of hydrogen-bond donors (Lipinski definition) is 0. The molecule has 0 aromatic heterocycles. The van der Waals surface area contributed by atoms with Crippen molar-refractivity contribution in [3.05, 3.63) is 6.61 Å². The largest absolute Gasteiger partial charge is 0.376 e. The third kappa shape index (κ3) is 3.76. The molecule has 1 rings (SSSR count). The highest BCUT2D eigenvalue weighted by molar-refractivity contribution is 4.64. The van der Waals surface area contributed by atoms with Crippen molar-refractivity contribution in [2.45, 2.75) is 45.4 Å². The molecule has 0 bridgehead atoms. The van der Waals surface area contributed by atoms with Crippen LogP contribution in [0.5, 0.6) is 0 Å². The zero-order valence-corrected chi connectivity index (χ0v) is 7.51. The first-order chi connectivity index (χ1) is 5.43. The quantitative estimate of drug-likeness (QED) is 0.569. The molecule has 1 radical (unpaired) electrons. The van der Waals surface area contributed by atoms with E-state index in [4.69, 9.17) is 4.74 Å². The number of ether oxygens (including phenoxy) is 1.